The van der Waals surface area contributed by atoms with Crippen LogP contribution < -0.4 is 0 Å². The molecule has 2 unspecified atom stereocenters. The lowest BCUT2D eigenvalue weighted by Gasteiger charge is -2.39. The number of likely N-dealkylation sites (tertiary alicyclic amines) is 1. The molecule has 8 heteroatoms. The first kappa shape index (κ1) is 26.6. The van der Waals surface area contributed by atoms with E-state index >= 15 is 0 Å². The molecule has 2 atom stereocenters. The molecule has 3 heterocycles. The summed E-state index contributed by atoms with van der Waals surface area (Å²) in [6, 6.07) is 9.96. The molecule has 202 valence electrons. The van der Waals surface area contributed by atoms with Crippen molar-refractivity contribution in [1.29, 1.82) is 0 Å². The van der Waals surface area contributed by atoms with E-state index in [9.17, 15) is 14.0 Å². The number of halogens is 1. The molecule has 1 aliphatic heterocycles. The molecular formula is C30H37FN4O2S. The van der Waals surface area contributed by atoms with Crippen molar-refractivity contribution in [2.45, 2.75) is 72.5 Å². The second-order valence-electron chi connectivity index (χ2n) is 12.1. The Bertz CT molecular complexity index is 1310. The fraction of sp³-hybridized carbons (Fsp3) is 0.500. The number of hydrogen-bond acceptors (Lipinski definition) is 4. The largest absolute Gasteiger partial charge is 0.343 e. The molecule has 38 heavy (non-hydrogen) atoms. The third-order valence-corrected chi connectivity index (χ3v) is 8.73. The molecule has 0 N–H and O–H groups in total. The van der Waals surface area contributed by atoms with Gasteiger partial charge in [-0.25, -0.2) is 9.37 Å². The molecule has 0 radical (unpaired) electrons. The number of rotatable bonds is 8. The van der Waals surface area contributed by atoms with E-state index in [4.69, 9.17) is 4.98 Å². The zero-order chi connectivity index (χ0) is 27.1. The summed E-state index contributed by atoms with van der Waals surface area (Å²) in [7, 11) is 0. The van der Waals surface area contributed by atoms with Gasteiger partial charge in [0, 0.05) is 42.0 Å². The van der Waals surface area contributed by atoms with Crippen LogP contribution in [-0.2, 0) is 13.1 Å². The second-order valence-corrected chi connectivity index (χ2v) is 13.1. The Morgan fingerprint density at radius 2 is 1.92 bits per heavy atom. The monoisotopic (exact) mass is 536 g/mol. The van der Waals surface area contributed by atoms with Crippen LogP contribution in [0.5, 0.6) is 0 Å². The number of amides is 2. The fourth-order valence-electron chi connectivity index (χ4n) is 6.71. The first-order chi connectivity index (χ1) is 18.1. The maximum absolute atomic E-state index is 13.5. The van der Waals surface area contributed by atoms with E-state index in [1.54, 1.807) is 4.90 Å². The van der Waals surface area contributed by atoms with E-state index in [-0.39, 0.29) is 28.5 Å². The molecule has 1 aliphatic carbocycles. The first-order valence-electron chi connectivity index (χ1n) is 13.5. The number of fused-ring (bicyclic) bond motifs is 2. The summed E-state index contributed by atoms with van der Waals surface area (Å²) in [4.78, 5) is 35.2. The first-order valence-corrected chi connectivity index (χ1v) is 14.4. The molecule has 2 aromatic heterocycles. The van der Waals surface area contributed by atoms with Crippen LogP contribution in [0.15, 0.2) is 48.0 Å². The van der Waals surface area contributed by atoms with E-state index in [1.807, 2.05) is 30.6 Å². The summed E-state index contributed by atoms with van der Waals surface area (Å²) < 4.78 is 15.4. The Morgan fingerprint density at radius 1 is 1.16 bits per heavy atom. The molecule has 1 aromatic carbocycles. The van der Waals surface area contributed by atoms with Crippen molar-refractivity contribution >= 4 is 23.2 Å². The third kappa shape index (κ3) is 5.55. The lowest BCUT2D eigenvalue weighted by atomic mass is 9.65. The SMILES string of the molecule is CCCN(Cc1cccn1Cc1nc(C(=O)N2CC3(C)CC2CC(C)(C)C3)cs1)C(=O)c1ccc(F)cc1. The van der Waals surface area contributed by atoms with Gasteiger partial charge in [-0.3, -0.25) is 9.59 Å². The zero-order valence-corrected chi connectivity index (χ0v) is 23.6. The molecule has 2 aliphatic rings. The van der Waals surface area contributed by atoms with Crippen LogP contribution >= 0.6 is 11.3 Å². The number of carbonyl (C=O) groups excluding carboxylic acids is 2. The minimum Gasteiger partial charge on any atom is -0.343 e. The maximum Gasteiger partial charge on any atom is 0.273 e. The topological polar surface area (TPSA) is 58.4 Å². The molecule has 0 spiro atoms. The second kappa shape index (κ2) is 10.3. The van der Waals surface area contributed by atoms with Crippen LogP contribution in [0.3, 0.4) is 0 Å². The van der Waals surface area contributed by atoms with Gasteiger partial charge in [-0.1, -0.05) is 27.7 Å². The van der Waals surface area contributed by atoms with Crippen molar-refractivity contribution in [1.82, 2.24) is 19.4 Å². The summed E-state index contributed by atoms with van der Waals surface area (Å²) in [5.74, 6) is -0.426. The van der Waals surface area contributed by atoms with Crippen molar-refractivity contribution in [2.24, 2.45) is 10.8 Å². The van der Waals surface area contributed by atoms with Gasteiger partial charge in [0.15, 0.2) is 0 Å². The van der Waals surface area contributed by atoms with Crippen molar-refractivity contribution in [3.8, 4) is 0 Å². The molecule has 2 fully saturated rings. The molecular weight excluding hydrogens is 499 g/mol. The van der Waals surface area contributed by atoms with Crippen LogP contribution in [0.25, 0.3) is 0 Å². The summed E-state index contributed by atoms with van der Waals surface area (Å²) in [5, 5.41) is 2.75. The highest BCUT2D eigenvalue weighted by Crippen LogP contribution is 2.52. The van der Waals surface area contributed by atoms with E-state index in [1.165, 1.54) is 35.6 Å². The minimum atomic E-state index is -0.357. The standard InChI is InChI=1S/C30H37FN4O2S/c1-5-12-34(27(36)21-8-10-22(31)11-9-21)16-23-7-6-13-33(23)17-26-32-25(18-38-26)28(37)35-20-30(4)15-24(35)14-29(2,3)19-30/h6-11,13,18,24H,5,12,14-17,19-20H2,1-4H3. The van der Waals surface area contributed by atoms with Crippen LogP contribution in [0.1, 0.15) is 84.9 Å². The highest BCUT2D eigenvalue weighted by molar-refractivity contribution is 7.09. The van der Waals surface area contributed by atoms with Crippen molar-refractivity contribution in [2.75, 3.05) is 13.1 Å². The van der Waals surface area contributed by atoms with E-state index < -0.39 is 0 Å². The lowest BCUT2D eigenvalue weighted by molar-refractivity contribution is 0.0701. The summed E-state index contributed by atoms with van der Waals surface area (Å²) in [6.45, 7) is 11.4. The average molecular weight is 537 g/mol. The number of carbonyl (C=O) groups is 2. The van der Waals surface area contributed by atoms with Gasteiger partial charge in [-0.2, -0.15) is 0 Å². The molecule has 1 saturated heterocycles. The van der Waals surface area contributed by atoms with Crippen molar-refractivity contribution in [3.05, 3.63) is 75.8 Å². The number of hydrogen-bond donors (Lipinski definition) is 0. The van der Waals surface area contributed by atoms with Crippen LogP contribution in [0, 0.1) is 16.6 Å². The van der Waals surface area contributed by atoms with Gasteiger partial charge in [0.05, 0.1) is 13.1 Å². The van der Waals surface area contributed by atoms with Crippen molar-refractivity contribution < 1.29 is 14.0 Å². The molecule has 3 aromatic rings. The predicted molar refractivity (Wildman–Crippen MR) is 148 cm³/mol. The van der Waals surface area contributed by atoms with Gasteiger partial charge in [-0.15, -0.1) is 11.3 Å². The summed E-state index contributed by atoms with van der Waals surface area (Å²) >= 11 is 1.51. The molecule has 6 nitrogen and oxygen atoms in total. The Labute approximate surface area is 228 Å². The van der Waals surface area contributed by atoms with Gasteiger partial charge in [-0.05, 0) is 72.9 Å². The Morgan fingerprint density at radius 3 is 2.66 bits per heavy atom. The highest BCUT2D eigenvalue weighted by atomic mass is 32.1. The van der Waals surface area contributed by atoms with Gasteiger partial charge < -0.3 is 14.4 Å². The van der Waals surface area contributed by atoms with Crippen LogP contribution in [0.4, 0.5) is 4.39 Å². The number of benzene rings is 1. The van der Waals surface area contributed by atoms with Gasteiger partial charge >= 0.3 is 0 Å². The third-order valence-electron chi connectivity index (χ3n) is 7.90. The lowest BCUT2D eigenvalue weighted by Crippen LogP contribution is -2.37. The number of nitrogens with zero attached hydrogens (tertiary/aromatic N) is 4. The maximum atomic E-state index is 13.5. The minimum absolute atomic E-state index is 0.0469. The molecule has 5 rings (SSSR count). The Kier molecular flexibility index (Phi) is 7.20. The van der Waals surface area contributed by atoms with Crippen molar-refractivity contribution in [3.63, 3.8) is 0 Å². The van der Waals surface area contributed by atoms with Gasteiger partial charge in [0.25, 0.3) is 11.8 Å². The summed E-state index contributed by atoms with van der Waals surface area (Å²) in [5.41, 5.74) is 2.45. The van der Waals surface area contributed by atoms with Gasteiger partial charge in [0.2, 0.25) is 0 Å². The van der Waals surface area contributed by atoms with E-state index in [0.29, 0.717) is 36.9 Å². The number of aromatic nitrogens is 2. The fourth-order valence-corrected chi connectivity index (χ4v) is 7.48. The average Bonchev–Trinajstić information content (AvgIpc) is 3.56. The molecule has 2 bridgehead atoms. The Hall–Kier alpha value is -3.00. The Balaban J connectivity index is 1.27. The van der Waals surface area contributed by atoms with Crippen LogP contribution in [0.2, 0.25) is 0 Å². The van der Waals surface area contributed by atoms with E-state index in [2.05, 4.69) is 30.2 Å². The van der Waals surface area contributed by atoms with Crippen LogP contribution in [-0.4, -0.2) is 50.3 Å². The summed E-state index contributed by atoms with van der Waals surface area (Å²) in [6.07, 6.45) is 6.08. The predicted octanol–water partition coefficient (Wildman–Crippen LogP) is 6.23. The normalized spacial score (nSPS) is 22.0. The zero-order valence-electron chi connectivity index (χ0n) is 22.7. The highest BCUT2D eigenvalue weighted by Gasteiger charge is 2.51. The molecule has 2 amide bonds. The smallest absolute Gasteiger partial charge is 0.273 e. The molecule has 1 saturated carbocycles. The number of thiazole rings is 1. The van der Waals surface area contributed by atoms with Gasteiger partial charge in [0.1, 0.15) is 16.5 Å². The van der Waals surface area contributed by atoms with E-state index in [0.717, 1.165) is 42.9 Å². The quantitative estimate of drug-likeness (QED) is 0.343.